The van der Waals surface area contributed by atoms with Crippen molar-refractivity contribution < 1.29 is 0 Å². The number of hydrogen-bond acceptors (Lipinski definition) is 3. The molecule has 3 heteroatoms. The highest BCUT2D eigenvalue weighted by Crippen LogP contribution is 2.30. The molecule has 102 valence electrons. The van der Waals surface area contributed by atoms with Gasteiger partial charge in [-0.2, -0.15) is 0 Å². The maximum atomic E-state index is 4.39. The molecule has 1 aliphatic rings. The van der Waals surface area contributed by atoms with Gasteiger partial charge in [-0.05, 0) is 37.6 Å². The van der Waals surface area contributed by atoms with E-state index < -0.39 is 0 Å². The third-order valence-electron chi connectivity index (χ3n) is 3.98. The van der Waals surface area contributed by atoms with Crippen LogP contribution >= 0.6 is 11.3 Å². The molecule has 0 aromatic carbocycles. The van der Waals surface area contributed by atoms with Crippen LogP contribution in [0.4, 0.5) is 0 Å². The summed E-state index contributed by atoms with van der Waals surface area (Å²) in [5, 5.41) is 4.83. The summed E-state index contributed by atoms with van der Waals surface area (Å²) in [4.78, 5) is 5.77. The number of nitrogens with zero attached hydrogens (tertiary/aromatic N) is 1. The Morgan fingerprint density at radius 1 is 1.44 bits per heavy atom. The molecule has 1 aromatic heterocycles. The summed E-state index contributed by atoms with van der Waals surface area (Å²) in [6, 6.07) is 0. The van der Waals surface area contributed by atoms with Gasteiger partial charge >= 0.3 is 0 Å². The van der Waals surface area contributed by atoms with Crippen LogP contribution in [-0.2, 0) is 13.0 Å². The van der Waals surface area contributed by atoms with E-state index in [2.05, 4.69) is 24.1 Å². The van der Waals surface area contributed by atoms with Crippen molar-refractivity contribution in [2.75, 3.05) is 6.54 Å². The predicted molar refractivity (Wildman–Crippen MR) is 78.9 cm³/mol. The molecule has 0 bridgehead atoms. The lowest BCUT2D eigenvalue weighted by molar-refractivity contribution is 0.267. The number of aryl methyl sites for hydroxylation is 1. The maximum absolute atomic E-state index is 4.39. The van der Waals surface area contributed by atoms with Crippen molar-refractivity contribution in [1.82, 2.24) is 10.3 Å². The van der Waals surface area contributed by atoms with E-state index in [9.17, 15) is 0 Å². The monoisotopic (exact) mass is 266 g/mol. The second kappa shape index (κ2) is 7.25. The molecule has 0 saturated heterocycles. The van der Waals surface area contributed by atoms with Gasteiger partial charge in [-0.1, -0.05) is 33.1 Å². The molecule has 18 heavy (non-hydrogen) atoms. The van der Waals surface area contributed by atoms with Crippen LogP contribution in [0.25, 0.3) is 0 Å². The van der Waals surface area contributed by atoms with Gasteiger partial charge in [-0.15, -0.1) is 11.3 Å². The Kier molecular flexibility index (Phi) is 5.64. The Labute approximate surface area is 115 Å². The lowest BCUT2D eigenvalue weighted by Gasteiger charge is -2.26. The van der Waals surface area contributed by atoms with E-state index in [1.54, 1.807) is 0 Å². The van der Waals surface area contributed by atoms with E-state index in [-0.39, 0.29) is 0 Å². The molecule has 2 rings (SSSR count). The van der Waals surface area contributed by atoms with Crippen molar-refractivity contribution in [3.05, 3.63) is 16.1 Å². The lowest BCUT2D eigenvalue weighted by atomic mass is 9.81. The summed E-state index contributed by atoms with van der Waals surface area (Å²) in [5.74, 6) is 1.92. The highest BCUT2D eigenvalue weighted by Gasteiger charge is 2.18. The second-order valence-corrected chi connectivity index (χ2v) is 6.88. The summed E-state index contributed by atoms with van der Waals surface area (Å²) in [5.41, 5.74) is 0. The molecule has 1 heterocycles. The van der Waals surface area contributed by atoms with Crippen molar-refractivity contribution in [3.8, 4) is 0 Å². The van der Waals surface area contributed by atoms with E-state index in [0.29, 0.717) is 0 Å². The molecule has 0 aliphatic heterocycles. The average molecular weight is 266 g/mol. The normalized spacial score (nSPS) is 24.3. The molecule has 1 saturated carbocycles. The van der Waals surface area contributed by atoms with Gasteiger partial charge in [0, 0.05) is 17.6 Å². The number of aromatic nitrogens is 1. The summed E-state index contributed by atoms with van der Waals surface area (Å²) in [6.45, 7) is 6.74. The van der Waals surface area contributed by atoms with E-state index in [1.807, 2.05) is 17.5 Å². The van der Waals surface area contributed by atoms with Crippen LogP contribution in [0.2, 0.25) is 0 Å². The van der Waals surface area contributed by atoms with Gasteiger partial charge in [-0.25, -0.2) is 4.98 Å². The fourth-order valence-electron chi connectivity index (χ4n) is 2.93. The van der Waals surface area contributed by atoms with Gasteiger partial charge in [0.15, 0.2) is 0 Å². The highest BCUT2D eigenvalue weighted by atomic mass is 32.1. The zero-order chi connectivity index (χ0) is 12.8. The Morgan fingerprint density at radius 2 is 2.33 bits per heavy atom. The first-order valence-electron chi connectivity index (χ1n) is 7.42. The summed E-state index contributed by atoms with van der Waals surface area (Å²) in [7, 11) is 0. The SMILES string of the molecule is CCc1ncc(CNCCC2CCCC(C)C2)s1. The van der Waals surface area contributed by atoms with Crippen molar-refractivity contribution in [2.45, 2.75) is 58.9 Å². The van der Waals surface area contributed by atoms with Crippen LogP contribution in [0.1, 0.15) is 55.8 Å². The van der Waals surface area contributed by atoms with Gasteiger partial charge in [0.1, 0.15) is 0 Å². The van der Waals surface area contributed by atoms with E-state index in [4.69, 9.17) is 0 Å². The first kappa shape index (κ1) is 14.0. The standard InChI is InChI=1S/C15H26N2S/c1-3-15-17-11-14(18-15)10-16-8-7-13-6-4-5-12(2)9-13/h11-13,16H,3-10H2,1-2H3. The topological polar surface area (TPSA) is 24.9 Å². The van der Waals surface area contributed by atoms with E-state index in [0.717, 1.165) is 31.3 Å². The van der Waals surface area contributed by atoms with Crippen molar-refractivity contribution in [2.24, 2.45) is 11.8 Å². The van der Waals surface area contributed by atoms with Crippen LogP contribution in [0.3, 0.4) is 0 Å². The molecule has 0 radical (unpaired) electrons. The first-order chi connectivity index (χ1) is 8.78. The number of thiazole rings is 1. The van der Waals surface area contributed by atoms with Gasteiger partial charge in [0.25, 0.3) is 0 Å². The van der Waals surface area contributed by atoms with Crippen molar-refractivity contribution in [1.29, 1.82) is 0 Å². The third-order valence-corrected chi connectivity index (χ3v) is 5.12. The van der Waals surface area contributed by atoms with Gasteiger partial charge in [0.05, 0.1) is 5.01 Å². The summed E-state index contributed by atoms with van der Waals surface area (Å²) >= 11 is 1.85. The predicted octanol–water partition coefficient (Wildman–Crippen LogP) is 4.01. The minimum atomic E-state index is 0.956. The quantitative estimate of drug-likeness (QED) is 0.787. The Bertz CT molecular complexity index is 348. The Balaban J connectivity index is 1.60. The molecule has 1 aliphatic carbocycles. The zero-order valence-electron chi connectivity index (χ0n) is 11.7. The van der Waals surface area contributed by atoms with Crippen LogP contribution in [0.15, 0.2) is 6.20 Å². The molecule has 2 unspecified atom stereocenters. The smallest absolute Gasteiger partial charge is 0.0925 e. The first-order valence-corrected chi connectivity index (χ1v) is 8.24. The summed E-state index contributed by atoms with van der Waals surface area (Å²) in [6.07, 6.45) is 10.2. The molecular weight excluding hydrogens is 240 g/mol. The average Bonchev–Trinajstić information content (AvgIpc) is 2.83. The fourth-order valence-corrected chi connectivity index (χ4v) is 3.76. The largest absolute Gasteiger partial charge is 0.312 e. The van der Waals surface area contributed by atoms with E-state index in [1.165, 1.54) is 42.0 Å². The third kappa shape index (κ3) is 4.36. The molecule has 2 nitrogen and oxygen atoms in total. The molecule has 1 aromatic rings. The fraction of sp³-hybridized carbons (Fsp3) is 0.800. The number of rotatable bonds is 6. The molecule has 2 atom stereocenters. The minimum absolute atomic E-state index is 0.956. The van der Waals surface area contributed by atoms with E-state index >= 15 is 0 Å². The Hall–Kier alpha value is -0.410. The molecule has 0 spiro atoms. The maximum Gasteiger partial charge on any atom is 0.0925 e. The number of hydrogen-bond donors (Lipinski definition) is 1. The minimum Gasteiger partial charge on any atom is -0.312 e. The second-order valence-electron chi connectivity index (χ2n) is 5.68. The zero-order valence-corrected chi connectivity index (χ0v) is 12.6. The van der Waals surface area contributed by atoms with Crippen LogP contribution in [0, 0.1) is 11.8 Å². The Morgan fingerprint density at radius 3 is 3.06 bits per heavy atom. The molecule has 1 fully saturated rings. The molecule has 1 N–H and O–H groups in total. The van der Waals surface area contributed by atoms with Gasteiger partial charge in [-0.3, -0.25) is 0 Å². The number of nitrogens with one attached hydrogen (secondary N) is 1. The summed E-state index contributed by atoms with van der Waals surface area (Å²) < 4.78 is 0. The highest BCUT2D eigenvalue weighted by molar-refractivity contribution is 7.11. The molecular formula is C15H26N2S. The molecule has 0 amide bonds. The van der Waals surface area contributed by atoms with Crippen LogP contribution < -0.4 is 5.32 Å². The van der Waals surface area contributed by atoms with Crippen LogP contribution in [-0.4, -0.2) is 11.5 Å². The lowest BCUT2D eigenvalue weighted by Crippen LogP contribution is -2.20. The van der Waals surface area contributed by atoms with Gasteiger partial charge < -0.3 is 5.32 Å². The van der Waals surface area contributed by atoms with Crippen molar-refractivity contribution in [3.63, 3.8) is 0 Å². The van der Waals surface area contributed by atoms with Gasteiger partial charge in [0.2, 0.25) is 0 Å². The van der Waals surface area contributed by atoms with Crippen LogP contribution in [0.5, 0.6) is 0 Å². The van der Waals surface area contributed by atoms with Crippen molar-refractivity contribution >= 4 is 11.3 Å².